The van der Waals surface area contributed by atoms with Crippen molar-refractivity contribution >= 4 is 64.4 Å². The number of hydrogen-bond donors (Lipinski definition) is 0. The molecule has 1 aliphatic rings. The molecule has 0 amide bonds. The molecule has 8 rings (SSSR count). The molecule has 0 atom stereocenters. The fourth-order valence-corrected chi connectivity index (χ4v) is 12.6. The van der Waals surface area contributed by atoms with Crippen molar-refractivity contribution in [2.45, 2.75) is 60.8 Å². The van der Waals surface area contributed by atoms with Gasteiger partial charge < -0.3 is 0 Å². The molecule has 0 fully saturated rings. The highest BCUT2D eigenvalue weighted by Crippen LogP contribution is 2.51. The monoisotopic (exact) mass is 742 g/mol. The van der Waals surface area contributed by atoms with Gasteiger partial charge in [0.15, 0.2) is 0 Å². The topological polar surface area (TPSA) is 0 Å². The number of benzene rings is 7. The van der Waals surface area contributed by atoms with Crippen molar-refractivity contribution in [2.24, 2.45) is 0 Å². The summed E-state index contributed by atoms with van der Waals surface area (Å²) >= 11 is 0. The zero-order chi connectivity index (χ0) is 39.4. The smallest absolute Gasteiger partial charge is 0.0887 e. The zero-order valence-corrected chi connectivity index (χ0v) is 35.1. The third-order valence-corrected chi connectivity index (χ3v) is 15.8. The first-order chi connectivity index (χ1) is 26.9. The fourth-order valence-electron chi connectivity index (χ4n) is 9.66. The van der Waals surface area contributed by atoms with Crippen molar-refractivity contribution in [1.82, 2.24) is 0 Å². The van der Waals surface area contributed by atoms with Gasteiger partial charge in [-0.2, -0.15) is 0 Å². The number of fused-ring (bicyclic) bond motifs is 3. The Kier molecular flexibility index (Phi) is 9.81. The minimum atomic E-state index is -2.09. The van der Waals surface area contributed by atoms with Crippen LogP contribution in [0.5, 0.6) is 0 Å². The SMILES string of the molecule is C=P(c1ccccc1)(c1ccccc1)c1ccc2c(c1)C(C)(C)c1cc(/C=C/c3ccc(B(c4c(C)cc(C)cc4C)c4c(C)cc(C)cc4C)cc3)ccc1-2. The molecule has 0 saturated carbocycles. The number of rotatable bonds is 8. The van der Waals surface area contributed by atoms with Gasteiger partial charge in [0.25, 0.3) is 0 Å². The summed E-state index contributed by atoms with van der Waals surface area (Å²) in [4.78, 5) is 0. The van der Waals surface area contributed by atoms with E-state index in [4.69, 9.17) is 6.30 Å². The lowest BCUT2D eigenvalue weighted by molar-refractivity contribution is 0.661. The number of hydrogen-bond acceptors (Lipinski definition) is 0. The number of aryl methyl sites for hydroxylation is 6. The van der Waals surface area contributed by atoms with E-state index in [1.165, 1.54) is 99.1 Å². The van der Waals surface area contributed by atoms with Gasteiger partial charge in [0, 0.05) is 5.41 Å². The average molecular weight is 743 g/mol. The van der Waals surface area contributed by atoms with Crippen LogP contribution in [-0.2, 0) is 5.41 Å². The predicted octanol–water partition coefficient (Wildman–Crippen LogP) is 10.3. The summed E-state index contributed by atoms with van der Waals surface area (Å²) < 4.78 is 0. The first-order valence-electron chi connectivity index (χ1n) is 19.9. The summed E-state index contributed by atoms with van der Waals surface area (Å²) in [7, 11) is 0. The molecule has 2 heteroatoms. The van der Waals surface area contributed by atoms with E-state index in [9.17, 15) is 0 Å². The van der Waals surface area contributed by atoms with E-state index in [0.717, 1.165) is 0 Å². The van der Waals surface area contributed by atoms with E-state index < -0.39 is 6.89 Å². The molecule has 0 saturated heterocycles. The lowest BCUT2D eigenvalue weighted by atomic mass is 9.34. The van der Waals surface area contributed by atoms with Crippen molar-refractivity contribution in [2.75, 3.05) is 0 Å². The molecule has 7 aromatic carbocycles. The molecule has 0 spiro atoms. The molecule has 0 bridgehead atoms. The quantitative estimate of drug-likeness (QED) is 0.0827. The zero-order valence-electron chi connectivity index (χ0n) is 34.2. The minimum absolute atomic E-state index is 0.141. The van der Waals surface area contributed by atoms with Crippen LogP contribution < -0.4 is 32.3 Å². The molecule has 56 heavy (non-hydrogen) atoms. The summed E-state index contributed by atoms with van der Waals surface area (Å²) in [5, 5.41) is 3.92. The van der Waals surface area contributed by atoms with Gasteiger partial charge in [-0.05, 0) is 104 Å². The normalized spacial score (nSPS) is 13.1. The van der Waals surface area contributed by atoms with E-state index in [2.05, 4.69) is 213 Å². The van der Waals surface area contributed by atoms with Crippen LogP contribution in [0.3, 0.4) is 0 Å². The van der Waals surface area contributed by atoms with Crippen LogP contribution in [0.15, 0.2) is 146 Å². The summed E-state index contributed by atoms with van der Waals surface area (Å²) in [5.41, 5.74) is 19.9. The molecule has 0 unspecified atom stereocenters. The Morgan fingerprint density at radius 3 is 1.39 bits per heavy atom. The van der Waals surface area contributed by atoms with Gasteiger partial charge in [0.05, 0.1) is 0 Å². The Morgan fingerprint density at radius 2 is 0.893 bits per heavy atom. The molecule has 0 aromatic heterocycles. The van der Waals surface area contributed by atoms with Gasteiger partial charge in [0.1, 0.15) is 0 Å². The second-order valence-electron chi connectivity index (χ2n) is 16.7. The molecule has 0 heterocycles. The van der Waals surface area contributed by atoms with E-state index in [1.54, 1.807) is 0 Å². The Morgan fingerprint density at radius 1 is 0.464 bits per heavy atom. The fraction of sp³-hybridized carbons (Fsp3) is 0.167. The molecule has 0 N–H and O–H groups in total. The lowest BCUT2D eigenvalue weighted by Crippen LogP contribution is -2.55. The van der Waals surface area contributed by atoms with Crippen LogP contribution in [0.25, 0.3) is 23.3 Å². The van der Waals surface area contributed by atoms with Gasteiger partial charge in [0.2, 0.25) is 6.71 Å². The van der Waals surface area contributed by atoms with E-state index in [1.807, 2.05) is 0 Å². The highest BCUT2D eigenvalue weighted by molar-refractivity contribution is 7.93. The van der Waals surface area contributed by atoms with Crippen LogP contribution in [-0.4, -0.2) is 13.0 Å². The van der Waals surface area contributed by atoms with Crippen molar-refractivity contribution in [3.05, 3.63) is 201 Å². The largest absolute Gasteiger partial charge is 0.242 e. The Balaban J connectivity index is 1.11. The lowest BCUT2D eigenvalue weighted by Gasteiger charge is -2.29. The third kappa shape index (κ3) is 6.57. The Bertz CT molecular complexity index is 2530. The maximum atomic E-state index is 5.04. The van der Waals surface area contributed by atoms with Crippen LogP contribution in [0, 0.1) is 41.5 Å². The van der Waals surface area contributed by atoms with Gasteiger partial charge in [-0.15, -0.1) is 0 Å². The summed E-state index contributed by atoms with van der Waals surface area (Å²) in [5.74, 6) is 0. The average Bonchev–Trinajstić information content (AvgIpc) is 3.41. The van der Waals surface area contributed by atoms with Crippen LogP contribution in [0.4, 0.5) is 0 Å². The van der Waals surface area contributed by atoms with Crippen molar-refractivity contribution < 1.29 is 0 Å². The Hall–Kier alpha value is -5.36. The van der Waals surface area contributed by atoms with Gasteiger partial charge >= 0.3 is 0 Å². The second-order valence-corrected chi connectivity index (χ2v) is 19.9. The summed E-state index contributed by atoms with van der Waals surface area (Å²) in [6.07, 6.45) is 9.58. The first-order valence-corrected chi connectivity index (χ1v) is 21.9. The van der Waals surface area contributed by atoms with Gasteiger partial charge in [-0.3, -0.25) is 0 Å². The first kappa shape index (κ1) is 37.6. The van der Waals surface area contributed by atoms with Crippen molar-refractivity contribution in [3.63, 3.8) is 0 Å². The van der Waals surface area contributed by atoms with Crippen molar-refractivity contribution in [1.29, 1.82) is 0 Å². The minimum Gasteiger partial charge on any atom is -0.0887 e. The van der Waals surface area contributed by atoms with E-state index >= 15 is 0 Å². The Labute approximate surface area is 336 Å². The summed E-state index contributed by atoms with van der Waals surface area (Å²) in [6.45, 7) is 16.4. The maximum absolute atomic E-state index is 5.04. The molecular weight excluding hydrogens is 690 g/mol. The van der Waals surface area contributed by atoms with Gasteiger partial charge in [-0.1, -0.05) is 222 Å². The highest BCUT2D eigenvalue weighted by atomic mass is 31.2. The summed E-state index contributed by atoms with van der Waals surface area (Å²) in [6, 6.07) is 54.6. The molecule has 1 aliphatic carbocycles. The van der Waals surface area contributed by atoms with Crippen LogP contribution in [0.1, 0.15) is 69.5 Å². The molecule has 0 radical (unpaired) electrons. The van der Waals surface area contributed by atoms with Crippen molar-refractivity contribution in [3.8, 4) is 11.1 Å². The third-order valence-electron chi connectivity index (χ3n) is 12.3. The van der Waals surface area contributed by atoms with E-state index in [-0.39, 0.29) is 12.1 Å². The molecule has 0 aliphatic heterocycles. The maximum Gasteiger partial charge on any atom is 0.242 e. The molecule has 7 aromatic rings. The van der Waals surface area contributed by atoms with Crippen LogP contribution >= 0.6 is 6.89 Å². The highest BCUT2D eigenvalue weighted by Gasteiger charge is 2.37. The van der Waals surface area contributed by atoms with E-state index in [0.29, 0.717) is 0 Å². The molecule has 276 valence electrons. The second kappa shape index (κ2) is 14.6. The predicted molar refractivity (Wildman–Crippen MR) is 251 cm³/mol. The molecule has 0 nitrogen and oxygen atoms in total. The molecular formula is C54H52BP. The van der Waals surface area contributed by atoms with Crippen LogP contribution in [0.2, 0.25) is 0 Å². The standard InChI is InChI=1S/C54H52BP/c1-36-30-38(3)52(39(4)31-36)55(53-40(5)32-37(2)33-41(53)6)44-25-22-42(23-26-44)20-21-43-24-28-48-49-29-27-47(35-51(49)54(7,8)50(48)34-43)56(9,45-16-12-10-13-17-45)46-18-14-11-15-19-46/h10-35H,9H2,1-8H3/b21-20+. The van der Waals surface area contributed by atoms with Gasteiger partial charge in [-0.25, -0.2) is 0 Å².